The SMILES string of the molecule is O=C(O)CCOSc1ccccc1. The molecule has 0 spiro atoms. The standard InChI is InChI=1S/C9H10O3S/c10-9(11)6-7-12-13-8-4-2-1-3-5-8/h1-5H,6-7H2,(H,10,11). The Bertz CT molecular complexity index is 261. The van der Waals surface area contributed by atoms with E-state index in [2.05, 4.69) is 0 Å². The molecule has 0 heterocycles. The minimum Gasteiger partial charge on any atom is -0.481 e. The molecule has 0 unspecified atom stereocenters. The summed E-state index contributed by atoms with van der Waals surface area (Å²) in [6.45, 7) is 0.231. The van der Waals surface area contributed by atoms with Gasteiger partial charge in [0.25, 0.3) is 0 Å². The van der Waals surface area contributed by atoms with E-state index >= 15 is 0 Å². The summed E-state index contributed by atoms with van der Waals surface area (Å²) in [5, 5.41) is 8.32. The van der Waals surface area contributed by atoms with E-state index in [0.717, 1.165) is 4.90 Å². The van der Waals surface area contributed by atoms with Gasteiger partial charge in [-0.25, -0.2) is 0 Å². The number of carboxylic acid groups (broad SMARTS) is 1. The van der Waals surface area contributed by atoms with E-state index < -0.39 is 5.97 Å². The van der Waals surface area contributed by atoms with Crippen molar-refractivity contribution in [2.45, 2.75) is 11.3 Å². The van der Waals surface area contributed by atoms with Gasteiger partial charge in [-0.05, 0) is 12.1 Å². The van der Waals surface area contributed by atoms with Crippen molar-refractivity contribution in [3.63, 3.8) is 0 Å². The number of benzene rings is 1. The summed E-state index contributed by atoms with van der Waals surface area (Å²) in [6, 6.07) is 9.55. The normalized spacial score (nSPS) is 9.85. The molecule has 0 saturated carbocycles. The molecule has 4 heteroatoms. The first-order valence-electron chi connectivity index (χ1n) is 3.85. The Morgan fingerprint density at radius 3 is 2.69 bits per heavy atom. The van der Waals surface area contributed by atoms with E-state index in [9.17, 15) is 4.79 Å². The van der Waals surface area contributed by atoms with Crippen LogP contribution in [0.2, 0.25) is 0 Å². The molecular weight excluding hydrogens is 188 g/mol. The van der Waals surface area contributed by atoms with Gasteiger partial charge in [0.1, 0.15) is 0 Å². The minimum atomic E-state index is -0.839. The highest BCUT2D eigenvalue weighted by Crippen LogP contribution is 2.17. The monoisotopic (exact) mass is 198 g/mol. The van der Waals surface area contributed by atoms with Crippen LogP contribution in [0.5, 0.6) is 0 Å². The number of carbonyl (C=O) groups is 1. The lowest BCUT2D eigenvalue weighted by Crippen LogP contribution is -1.98. The predicted molar refractivity (Wildman–Crippen MR) is 50.5 cm³/mol. The zero-order chi connectivity index (χ0) is 9.52. The Hall–Kier alpha value is -1.00. The van der Waals surface area contributed by atoms with Crippen molar-refractivity contribution in [2.24, 2.45) is 0 Å². The molecule has 0 radical (unpaired) electrons. The highest BCUT2D eigenvalue weighted by Gasteiger charge is 1.97. The molecule has 0 fully saturated rings. The lowest BCUT2D eigenvalue weighted by Gasteiger charge is -1.99. The quantitative estimate of drug-likeness (QED) is 0.582. The van der Waals surface area contributed by atoms with Crippen molar-refractivity contribution in [1.82, 2.24) is 0 Å². The van der Waals surface area contributed by atoms with Gasteiger partial charge in [-0.2, -0.15) is 0 Å². The fraction of sp³-hybridized carbons (Fsp3) is 0.222. The van der Waals surface area contributed by atoms with E-state index in [1.807, 2.05) is 30.3 Å². The van der Waals surface area contributed by atoms with Crippen molar-refractivity contribution in [2.75, 3.05) is 6.61 Å². The molecule has 0 aliphatic rings. The van der Waals surface area contributed by atoms with Crippen LogP contribution in [0.3, 0.4) is 0 Å². The zero-order valence-electron chi connectivity index (χ0n) is 6.97. The maximum atomic E-state index is 10.1. The van der Waals surface area contributed by atoms with Gasteiger partial charge in [-0.3, -0.25) is 4.79 Å². The predicted octanol–water partition coefficient (Wildman–Crippen LogP) is 2.19. The number of hydrogen-bond acceptors (Lipinski definition) is 3. The fourth-order valence-corrected chi connectivity index (χ4v) is 1.29. The third kappa shape index (κ3) is 4.55. The topological polar surface area (TPSA) is 46.5 Å². The van der Waals surface area contributed by atoms with Crippen LogP contribution in [0.15, 0.2) is 35.2 Å². The molecule has 13 heavy (non-hydrogen) atoms. The molecule has 0 amide bonds. The average molecular weight is 198 g/mol. The molecule has 3 nitrogen and oxygen atoms in total. The lowest BCUT2D eigenvalue weighted by molar-refractivity contribution is -0.137. The second kappa shape index (κ2) is 5.61. The van der Waals surface area contributed by atoms with Crippen LogP contribution in [0.1, 0.15) is 6.42 Å². The van der Waals surface area contributed by atoms with Crippen molar-refractivity contribution in [3.05, 3.63) is 30.3 Å². The van der Waals surface area contributed by atoms with Crippen LogP contribution >= 0.6 is 12.0 Å². The summed E-state index contributed by atoms with van der Waals surface area (Å²) < 4.78 is 5.07. The minimum absolute atomic E-state index is 0.0415. The van der Waals surface area contributed by atoms with Gasteiger partial charge in [0.15, 0.2) is 0 Å². The third-order valence-corrected chi connectivity index (χ3v) is 2.05. The summed E-state index contributed by atoms with van der Waals surface area (Å²) in [6.07, 6.45) is 0.0415. The molecule has 0 aliphatic carbocycles. The maximum absolute atomic E-state index is 10.1. The molecule has 1 aromatic rings. The summed E-state index contributed by atoms with van der Waals surface area (Å²) in [5.74, 6) is -0.839. The third-order valence-electron chi connectivity index (χ3n) is 1.30. The van der Waals surface area contributed by atoms with Crippen LogP contribution in [0.25, 0.3) is 0 Å². The van der Waals surface area contributed by atoms with Gasteiger partial charge in [-0.1, -0.05) is 18.2 Å². The first kappa shape index (κ1) is 10.1. The molecule has 1 aromatic carbocycles. The van der Waals surface area contributed by atoms with E-state index in [1.54, 1.807) is 0 Å². The molecule has 1 rings (SSSR count). The van der Waals surface area contributed by atoms with Crippen LogP contribution in [0.4, 0.5) is 0 Å². The van der Waals surface area contributed by atoms with Gasteiger partial charge in [0, 0.05) is 16.9 Å². The molecule has 0 aliphatic heterocycles. The second-order valence-corrected chi connectivity index (χ2v) is 3.24. The molecule has 1 N–H and O–H groups in total. The summed E-state index contributed by atoms with van der Waals surface area (Å²) in [4.78, 5) is 11.1. The molecule has 0 saturated heterocycles. The van der Waals surface area contributed by atoms with E-state index in [1.165, 1.54) is 12.0 Å². The molecule has 0 bridgehead atoms. The molecule has 0 atom stereocenters. The Morgan fingerprint density at radius 1 is 1.38 bits per heavy atom. The molecular formula is C9H10O3S. The molecule has 0 aromatic heterocycles. The second-order valence-electron chi connectivity index (χ2n) is 2.36. The summed E-state index contributed by atoms with van der Waals surface area (Å²) in [5.41, 5.74) is 0. The van der Waals surface area contributed by atoms with Crippen LogP contribution in [-0.4, -0.2) is 17.7 Å². The van der Waals surface area contributed by atoms with E-state index in [4.69, 9.17) is 9.29 Å². The molecule has 70 valence electrons. The number of hydrogen-bond donors (Lipinski definition) is 1. The highest BCUT2D eigenvalue weighted by atomic mass is 32.2. The smallest absolute Gasteiger partial charge is 0.305 e. The largest absolute Gasteiger partial charge is 0.481 e. The van der Waals surface area contributed by atoms with Crippen molar-refractivity contribution in [3.8, 4) is 0 Å². The van der Waals surface area contributed by atoms with Crippen molar-refractivity contribution >= 4 is 18.0 Å². The highest BCUT2D eigenvalue weighted by molar-refractivity contribution is 7.94. The summed E-state index contributed by atoms with van der Waals surface area (Å²) in [7, 11) is 0. The van der Waals surface area contributed by atoms with E-state index in [-0.39, 0.29) is 13.0 Å². The first-order chi connectivity index (χ1) is 6.29. The van der Waals surface area contributed by atoms with E-state index in [0.29, 0.717) is 0 Å². The lowest BCUT2D eigenvalue weighted by atomic mass is 10.4. The van der Waals surface area contributed by atoms with Gasteiger partial charge in [-0.15, -0.1) is 0 Å². The Labute approximate surface area is 80.9 Å². The van der Waals surface area contributed by atoms with Crippen molar-refractivity contribution in [1.29, 1.82) is 0 Å². The van der Waals surface area contributed by atoms with Crippen LogP contribution < -0.4 is 0 Å². The van der Waals surface area contributed by atoms with Gasteiger partial charge in [0.2, 0.25) is 0 Å². The van der Waals surface area contributed by atoms with Crippen LogP contribution in [-0.2, 0) is 8.98 Å². The Kier molecular flexibility index (Phi) is 4.35. The zero-order valence-corrected chi connectivity index (χ0v) is 7.79. The van der Waals surface area contributed by atoms with Crippen molar-refractivity contribution < 1.29 is 14.1 Å². The van der Waals surface area contributed by atoms with Gasteiger partial charge < -0.3 is 9.29 Å². The Morgan fingerprint density at radius 2 is 2.08 bits per heavy atom. The fourth-order valence-electron chi connectivity index (χ4n) is 0.715. The number of carboxylic acids is 1. The number of aliphatic carboxylic acids is 1. The first-order valence-corrected chi connectivity index (χ1v) is 4.59. The summed E-state index contributed by atoms with van der Waals surface area (Å²) >= 11 is 1.20. The van der Waals surface area contributed by atoms with Crippen LogP contribution in [0, 0.1) is 0 Å². The number of rotatable bonds is 5. The Balaban J connectivity index is 2.17. The van der Waals surface area contributed by atoms with Gasteiger partial charge >= 0.3 is 5.97 Å². The maximum Gasteiger partial charge on any atom is 0.305 e. The van der Waals surface area contributed by atoms with Gasteiger partial charge in [0.05, 0.1) is 13.0 Å². The average Bonchev–Trinajstić information content (AvgIpc) is 2.14.